The molecule has 320 valence electrons. The number of ether oxygens (including phenoxy) is 3. The molecule has 0 fully saturated rings. The number of Topliss-reactive ketones (excluding diaryl/α,β-unsaturated/α-hetero) is 1. The minimum Gasteiger partial charge on any atom is -0.469 e. The highest BCUT2D eigenvalue weighted by molar-refractivity contribution is 6.27. The zero-order chi connectivity index (χ0) is 44.3. The second-order valence-corrected chi connectivity index (χ2v) is 18.3. The maximum atomic E-state index is 15.4. The van der Waals surface area contributed by atoms with E-state index >= 15 is 4.79 Å². The van der Waals surface area contributed by atoms with Crippen molar-refractivity contribution in [2.45, 2.75) is 150 Å². The quantitative estimate of drug-likeness (QED) is 0.141. The first-order chi connectivity index (χ1) is 28.0. The van der Waals surface area contributed by atoms with Crippen LogP contribution in [-0.2, 0) is 33.4 Å². The SMILES string of the molecule is CC[C@H]1c2cc3[nH]c4c(c5nc(cc6nc(cc([nH]2)[C@@H]1C)C(C(C)=O)=C6C)[C@@H](C)[C@@H]5CCC(=O)OC)C(=O)N(C(CC(=O)OC(C)(C)C)C(=O)OC(C)(C)C)C(=O)c4c3C. The van der Waals surface area contributed by atoms with Crippen LogP contribution in [0.1, 0.15) is 186 Å². The van der Waals surface area contributed by atoms with Crippen molar-refractivity contribution in [3.05, 3.63) is 69.1 Å². The molecule has 8 bridgehead atoms. The zero-order valence-corrected chi connectivity index (χ0v) is 37.0. The fraction of sp³-hybridized carbons (Fsp3) is 0.522. The van der Waals surface area contributed by atoms with Crippen molar-refractivity contribution in [1.82, 2.24) is 24.8 Å². The maximum Gasteiger partial charge on any atom is 0.330 e. The molecule has 1 unspecified atom stereocenters. The summed E-state index contributed by atoms with van der Waals surface area (Å²) < 4.78 is 16.4. The van der Waals surface area contributed by atoms with Crippen LogP contribution in [0.15, 0.2) is 18.2 Å². The highest BCUT2D eigenvalue weighted by Gasteiger charge is 2.47. The molecule has 0 saturated heterocycles. The lowest BCUT2D eigenvalue weighted by Crippen LogP contribution is -2.53. The first-order valence-corrected chi connectivity index (χ1v) is 20.6. The number of hydrogen-bond donors (Lipinski definition) is 2. The average molecular weight is 824 g/mol. The molecule has 6 heterocycles. The molecule has 5 atom stereocenters. The number of fused-ring (bicyclic) bond motifs is 8. The molecular formula is C46H57N5O9. The highest BCUT2D eigenvalue weighted by atomic mass is 16.6. The number of carbonyl (C=O) groups excluding carboxylic acids is 6. The van der Waals surface area contributed by atoms with Gasteiger partial charge < -0.3 is 24.2 Å². The van der Waals surface area contributed by atoms with Crippen LogP contribution in [0.3, 0.4) is 0 Å². The fourth-order valence-corrected chi connectivity index (χ4v) is 8.76. The first-order valence-electron chi connectivity index (χ1n) is 20.6. The number of methoxy groups -OCH3 is 1. The van der Waals surface area contributed by atoms with E-state index in [0.717, 1.165) is 22.7 Å². The molecule has 6 rings (SSSR count). The standard InChI is InChI=1S/C46H57N5O9/c1-14-26-21(2)28-19-33-37(25(6)52)23(4)30(48-33)17-29-22(3)27(15-16-35(53)58-13)40(49-29)39-41-38(24(5)31(50-41)18-32(26)47-28)42(55)51(43(39)56)34(44(57)60-46(10,11)12)20-36(54)59-45(7,8)9/h17-19,21-22,26-27,34,47,50H,14-16,20H2,1-13H3/t21-,22+,26-,27+,34?/m1/s1. The summed E-state index contributed by atoms with van der Waals surface area (Å²) in [5, 5.41) is 0. The van der Waals surface area contributed by atoms with Crippen molar-refractivity contribution >= 4 is 57.7 Å². The van der Waals surface area contributed by atoms with Crippen molar-refractivity contribution in [3.8, 4) is 0 Å². The number of esters is 3. The number of aryl methyl sites for hydroxylation is 1. The van der Waals surface area contributed by atoms with E-state index in [1.165, 1.54) is 14.0 Å². The predicted molar refractivity (Wildman–Crippen MR) is 225 cm³/mol. The number of amides is 2. The van der Waals surface area contributed by atoms with Crippen molar-refractivity contribution in [3.63, 3.8) is 0 Å². The van der Waals surface area contributed by atoms with Crippen LogP contribution in [0.2, 0.25) is 0 Å². The van der Waals surface area contributed by atoms with Gasteiger partial charge in [-0.15, -0.1) is 0 Å². The van der Waals surface area contributed by atoms with Crippen LogP contribution < -0.4 is 0 Å². The molecule has 0 saturated carbocycles. The van der Waals surface area contributed by atoms with Crippen molar-refractivity contribution in [2.75, 3.05) is 7.11 Å². The molecule has 14 nitrogen and oxygen atoms in total. The van der Waals surface area contributed by atoms with Gasteiger partial charge in [0.25, 0.3) is 11.8 Å². The summed E-state index contributed by atoms with van der Waals surface area (Å²) >= 11 is 0. The summed E-state index contributed by atoms with van der Waals surface area (Å²) in [7, 11) is 1.30. The summed E-state index contributed by atoms with van der Waals surface area (Å²) in [5.41, 5.74) is 4.23. The summed E-state index contributed by atoms with van der Waals surface area (Å²) in [5.74, 6) is -4.92. The van der Waals surface area contributed by atoms with Gasteiger partial charge in [0.2, 0.25) is 0 Å². The Balaban J connectivity index is 1.74. The van der Waals surface area contributed by atoms with Gasteiger partial charge in [0.1, 0.15) is 17.2 Å². The first kappa shape index (κ1) is 43.9. The van der Waals surface area contributed by atoms with Crippen LogP contribution in [0.4, 0.5) is 0 Å². The number of ketones is 1. The van der Waals surface area contributed by atoms with Crippen LogP contribution >= 0.6 is 0 Å². The minimum atomic E-state index is -1.70. The van der Waals surface area contributed by atoms with Crippen molar-refractivity contribution < 1.29 is 43.0 Å². The predicted octanol–water partition coefficient (Wildman–Crippen LogP) is 8.04. The number of nitrogens with zero attached hydrogens (tertiary/aromatic N) is 3. The molecule has 14 heteroatoms. The number of aromatic nitrogens is 4. The Hall–Kier alpha value is -5.66. The molecule has 4 aliphatic rings. The topological polar surface area (TPSA) is 191 Å². The molecule has 2 aromatic rings. The van der Waals surface area contributed by atoms with Gasteiger partial charge in [-0.25, -0.2) is 9.78 Å². The Kier molecular flexibility index (Phi) is 11.8. The van der Waals surface area contributed by atoms with Gasteiger partial charge in [0.15, 0.2) is 5.78 Å². The van der Waals surface area contributed by atoms with Gasteiger partial charge >= 0.3 is 17.9 Å². The Labute approximate surface area is 350 Å². The number of imide groups is 1. The van der Waals surface area contributed by atoms with E-state index in [-0.39, 0.29) is 52.8 Å². The third-order valence-electron chi connectivity index (χ3n) is 11.7. The number of nitrogens with one attached hydrogen (secondary N) is 2. The van der Waals surface area contributed by atoms with Crippen LogP contribution in [-0.4, -0.2) is 84.7 Å². The van der Waals surface area contributed by atoms with Crippen LogP contribution in [0.25, 0.3) is 22.2 Å². The van der Waals surface area contributed by atoms with Crippen LogP contribution in [0, 0.1) is 6.92 Å². The molecule has 0 spiro atoms. The number of hydrogen-bond acceptors (Lipinski definition) is 11. The molecule has 0 aromatic carbocycles. The van der Waals surface area contributed by atoms with E-state index in [2.05, 4.69) is 23.8 Å². The molecule has 2 aromatic heterocycles. The number of rotatable bonds is 9. The van der Waals surface area contributed by atoms with E-state index < -0.39 is 65.2 Å². The largest absolute Gasteiger partial charge is 0.469 e. The van der Waals surface area contributed by atoms with E-state index in [0.29, 0.717) is 39.3 Å². The molecule has 0 aliphatic carbocycles. The molecule has 0 radical (unpaired) electrons. The van der Waals surface area contributed by atoms with Gasteiger partial charge in [0, 0.05) is 58.3 Å². The molecule has 2 N–H and O–H groups in total. The Morgan fingerprint density at radius 2 is 1.47 bits per heavy atom. The normalized spacial score (nSPS) is 20.2. The van der Waals surface area contributed by atoms with E-state index in [1.54, 1.807) is 54.5 Å². The Morgan fingerprint density at radius 3 is 2.07 bits per heavy atom. The van der Waals surface area contributed by atoms with Gasteiger partial charge in [-0.05, 0) is 104 Å². The number of aromatic amines is 2. The maximum absolute atomic E-state index is 15.4. The Bertz CT molecular complexity index is 2420. The average Bonchev–Trinajstić information content (AvgIpc) is 3.81. The second kappa shape index (κ2) is 16.1. The van der Waals surface area contributed by atoms with E-state index in [9.17, 15) is 24.0 Å². The van der Waals surface area contributed by atoms with Crippen molar-refractivity contribution in [1.29, 1.82) is 0 Å². The highest BCUT2D eigenvalue weighted by Crippen LogP contribution is 2.46. The van der Waals surface area contributed by atoms with E-state index in [4.69, 9.17) is 24.2 Å². The molecule has 60 heavy (non-hydrogen) atoms. The lowest BCUT2D eigenvalue weighted by molar-refractivity contribution is -0.166. The monoisotopic (exact) mass is 823 g/mol. The lowest BCUT2D eigenvalue weighted by atomic mass is 9.84. The number of carbonyl (C=O) groups is 6. The number of H-pyrrole nitrogens is 2. The molecule has 2 amide bonds. The molecular weight excluding hydrogens is 767 g/mol. The Morgan fingerprint density at radius 1 is 0.817 bits per heavy atom. The van der Waals surface area contributed by atoms with Gasteiger partial charge in [0.05, 0.1) is 47.3 Å². The van der Waals surface area contributed by atoms with Crippen LogP contribution in [0.5, 0.6) is 0 Å². The third-order valence-corrected chi connectivity index (χ3v) is 11.7. The minimum absolute atomic E-state index is 0.00280. The van der Waals surface area contributed by atoms with Crippen molar-refractivity contribution in [2.24, 2.45) is 0 Å². The zero-order valence-electron chi connectivity index (χ0n) is 37.0. The summed E-state index contributed by atoms with van der Waals surface area (Å²) in [6.45, 7) is 21.2. The lowest BCUT2D eigenvalue weighted by Gasteiger charge is -2.34. The fourth-order valence-electron chi connectivity index (χ4n) is 8.76. The third kappa shape index (κ3) is 8.25. The summed E-state index contributed by atoms with van der Waals surface area (Å²) in [4.78, 5) is 102. The van der Waals surface area contributed by atoms with E-state index in [1.807, 2.05) is 26.0 Å². The summed E-state index contributed by atoms with van der Waals surface area (Å²) in [6, 6.07) is 3.96. The summed E-state index contributed by atoms with van der Waals surface area (Å²) in [6.07, 6.45) is 0.321. The number of allylic oxidation sites excluding steroid dienone is 2. The molecule has 4 aliphatic heterocycles. The second-order valence-electron chi connectivity index (χ2n) is 18.3. The smallest absolute Gasteiger partial charge is 0.330 e. The van der Waals surface area contributed by atoms with Gasteiger partial charge in [-0.1, -0.05) is 20.8 Å². The van der Waals surface area contributed by atoms with Gasteiger partial charge in [-0.2, -0.15) is 0 Å². The van der Waals surface area contributed by atoms with Gasteiger partial charge in [-0.3, -0.25) is 33.9 Å².